The van der Waals surface area contributed by atoms with Gasteiger partial charge in [0.2, 0.25) is 11.8 Å². The van der Waals surface area contributed by atoms with E-state index in [1.807, 2.05) is 0 Å². The van der Waals surface area contributed by atoms with Crippen LogP contribution in [-0.4, -0.2) is 28.3 Å². The number of thioether (sulfide) groups is 1. The van der Waals surface area contributed by atoms with Gasteiger partial charge in [-0.05, 0) is 31.0 Å². The molecule has 1 heterocycles. The largest absolute Gasteiger partial charge is 0.326 e. The summed E-state index contributed by atoms with van der Waals surface area (Å²) in [7, 11) is 0. The zero-order valence-electron chi connectivity index (χ0n) is 13.6. The monoisotopic (exact) mass is 399 g/mol. The predicted molar refractivity (Wildman–Crippen MR) is 104 cm³/mol. The molecule has 1 atom stereocenters. The number of amides is 2. The number of carbonyl (C=O) groups excluding carboxylic acids is 2. The van der Waals surface area contributed by atoms with Gasteiger partial charge in [-0.2, -0.15) is 0 Å². The maximum atomic E-state index is 12.2. The number of nitrogens with one attached hydrogen (secondary N) is 2. The molecule has 0 radical (unpaired) electrons. The molecule has 1 aromatic carbocycles. The highest BCUT2D eigenvalue weighted by Gasteiger charge is 2.32. The van der Waals surface area contributed by atoms with Crippen molar-refractivity contribution in [3.05, 3.63) is 28.2 Å². The minimum Gasteiger partial charge on any atom is -0.326 e. The van der Waals surface area contributed by atoms with Crippen LogP contribution in [0, 0.1) is 0 Å². The maximum absolute atomic E-state index is 12.2. The van der Waals surface area contributed by atoms with E-state index in [0.717, 1.165) is 12.8 Å². The molecule has 1 aromatic rings. The van der Waals surface area contributed by atoms with Crippen LogP contribution in [-0.2, 0) is 9.59 Å². The van der Waals surface area contributed by atoms with Crippen LogP contribution in [0.15, 0.2) is 23.2 Å². The molecule has 1 aliphatic carbocycles. The van der Waals surface area contributed by atoms with Crippen LogP contribution >= 0.6 is 35.0 Å². The minimum atomic E-state index is -0.454. The SMILES string of the molecule is O=C(CC1SC(=NC2CCCCC2)NC1=O)Nc1ccc(Cl)c(Cl)c1. The summed E-state index contributed by atoms with van der Waals surface area (Å²) in [4.78, 5) is 28.9. The number of hydrogen-bond donors (Lipinski definition) is 2. The molecule has 134 valence electrons. The number of carbonyl (C=O) groups is 2. The average Bonchev–Trinajstić information content (AvgIpc) is 2.91. The summed E-state index contributed by atoms with van der Waals surface area (Å²) in [5.41, 5.74) is 0.555. The van der Waals surface area contributed by atoms with Gasteiger partial charge in [0.25, 0.3) is 0 Å². The summed E-state index contributed by atoms with van der Waals surface area (Å²) in [5.74, 6) is -0.409. The Labute approximate surface area is 160 Å². The number of rotatable bonds is 4. The van der Waals surface area contributed by atoms with Gasteiger partial charge in [0.1, 0.15) is 5.25 Å². The molecule has 1 saturated carbocycles. The van der Waals surface area contributed by atoms with E-state index in [9.17, 15) is 9.59 Å². The first-order chi connectivity index (χ1) is 12.0. The third-order valence-corrected chi connectivity index (χ3v) is 6.06. The maximum Gasteiger partial charge on any atom is 0.240 e. The van der Waals surface area contributed by atoms with E-state index in [1.54, 1.807) is 18.2 Å². The van der Waals surface area contributed by atoms with Gasteiger partial charge in [-0.15, -0.1) is 0 Å². The summed E-state index contributed by atoms with van der Waals surface area (Å²) in [6.07, 6.45) is 5.87. The van der Waals surface area contributed by atoms with Gasteiger partial charge in [-0.3, -0.25) is 14.6 Å². The second-order valence-corrected chi connectivity index (χ2v) is 8.21. The molecule has 1 aliphatic heterocycles. The van der Waals surface area contributed by atoms with Crippen LogP contribution in [0.25, 0.3) is 0 Å². The first kappa shape index (κ1) is 18.5. The molecule has 3 rings (SSSR count). The lowest BCUT2D eigenvalue weighted by Crippen LogP contribution is -2.28. The molecule has 2 amide bonds. The summed E-state index contributed by atoms with van der Waals surface area (Å²) in [6.45, 7) is 0. The molecule has 2 fully saturated rings. The molecule has 1 unspecified atom stereocenters. The van der Waals surface area contributed by atoms with Crippen LogP contribution in [0.3, 0.4) is 0 Å². The van der Waals surface area contributed by atoms with Gasteiger partial charge in [0.05, 0.1) is 16.1 Å². The van der Waals surface area contributed by atoms with E-state index in [-0.39, 0.29) is 18.2 Å². The Bertz CT molecular complexity index is 705. The lowest BCUT2D eigenvalue weighted by molar-refractivity contribution is -0.122. The standard InChI is InChI=1S/C17H19Cl2N3O2S/c18-12-7-6-11(8-13(12)19)20-15(23)9-14-16(24)22-17(25-14)21-10-4-2-1-3-5-10/h6-8,10,14H,1-5,9H2,(H,20,23)(H,21,22,24). The molecule has 0 aromatic heterocycles. The molecule has 5 nitrogen and oxygen atoms in total. The van der Waals surface area contributed by atoms with Gasteiger partial charge in [-0.1, -0.05) is 54.2 Å². The number of halogens is 2. The molecule has 25 heavy (non-hydrogen) atoms. The van der Waals surface area contributed by atoms with Crippen LogP contribution in [0.4, 0.5) is 5.69 Å². The molecule has 8 heteroatoms. The van der Waals surface area contributed by atoms with Crippen molar-refractivity contribution in [3.8, 4) is 0 Å². The Morgan fingerprint density at radius 3 is 2.72 bits per heavy atom. The summed E-state index contributed by atoms with van der Waals surface area (Å²) < 4.78 is 0. The highest BCUT2D eigenvalue weighted by molar-refractivity contribution is 8.15. The normalized spacial score (nSPS) is 22.9. The van der Waals surface area contributed by atoms with E-state index in [2.05, 4.69) is 15.6 Å². The van der Waals surface area contributed by atoms with Gasteiger partial charge in [0, 0.05) is 12.1 Å². The zero-order valence-corrected chi connectivity index (χ0v) is 15.9. The number of benzene rings is 1. The van der Waals surface area contributed by atoms with Gasteiger partial charge >= 0.3 is 0 Å². The number of hydrogen-bond acceptors (Lipinski definition) is 4. The second-order valence-electron chi connectivity index (χ2n) is 6.20. The Morgan fingerprint density at radius 2 is 2.00 bits per heavy atom. The zero-order chi connectivity index (χ0) is 17.8. The fourth-order valence-electron chi connectivity index (χ4n) is 2.93. The molecule has 0 bridgehead atoms. The van der Waals surface area contributed by atoms with Gasteiger partial charge < -0.3 is 10.6 Å². The fraction of sp³-hybridized carbons (Fsp3) is 0.471. The van der Waals surface area contributed by atoms with Gasteiger partial charge in [0.15, 0.2) is 5.17 Å². The van der Waals surface area contributed by atoms with Crippen molar-refractivity contribution in [2.45, 2.75) is 49.8 Å². The van der Waals surface area contributed by atoms with Crippen LogP contribution in [0.5, 0.6) is 0 Å². The summed E-state index contributed by atoms with van der Waals surface area (Å²) in [6, 6.07) is 5.16. The number of anilines is 1. The minimum absolute atomic E-state index is 0.0838. The van der Waals surface area contributed by atoms with Crippen molar-refractivity contribution in [1.82, 2.24) is 5.32 Å². The van der Waals surface area contributed by atoms with Crippen molar-refractivity contribution in [2.75, 3.05) is 5.32 Å². The van der Waals surface area contributed by atoms with Crippen LogP contribution < -0.4 is 10.6 Å². The Morgan fingerprint density at radius 1 is 1.24 bits per heavy atom. The van der Waals surface area contributed by atoms with E-state index >= 15 is 0 Å². The van der Waals surface area contributed by atoms with Crippen LogP contribution in [0.1, 0.15) is 38.5 Å². The van der Waals surface area contributed by atoms with E-state index in [0.29, 0.717) is 26.9 Å². The smallest absolute Gasteiger partial charge is 0.240 e. The summed E-state index contributed by atoms with van der Waals surface area (Å²) in [5, 5.41) is 6.51. The highest BCUT2D eigenvalue weighted by atomic mass is 35.5. The quantitative estimate of drug-likeness (QED) is 0.794. The lowest BCUT2D eigenvalue weighted by Gasteiger charge is -2.17. The lowest BCUT2D eigenvalue weighted by atomic mass is 9.96. The fourth-order valence-corrected chi connectivity index (χ4v) is 4.27. The van der Waals surface area contributed by atoms with Crippen molar-refractivity contribution in [1.29, 1.82) is 0 Å². The molecular formula is C17H19Cl2N3O2S. The Kier molecular flexibility index (Phi) is 6.25. The van der Waals surface area contributed by atoms with E-state index in [4.69, 9.17) is 23.2 Å². The molecule has 2 N–H and O–H groups in total. The number of amidine groups is 1. The van der Waals surface area contributed by atoms with Gasteiger partial charge in [-0.25, -0.2) is 0 Å². The molecule has 2 aliphatic rings. The first-order valence-electron chi connectivity index (χ1n) is 8.31. The van der Waals surface area contributed by atoms with E-state index in [1.165, 1.54) is 31.0 Å². The average molecular weight is 400 g/mol. The van der Waals surface area contributed by atoms with Crippen molar-refractivity contribution < 1.29 is 9.59 Å². The third-order valence-electron chi connectivity index (χ3n) is 4.23. The molecular weight excluding hydrogens is 381 g/mol. The number of nitrogens with zero attached hydrogens (tertiary/aromatic N) is 1. The van der Waals surface area contributed by atoms with Crippen molar-refractivity contribution in [2.24, 2.45) is 4.99 Å². The second kappa shape index (κ2) is 8.43. The summed E-state index contributed by atoms with van der Waals surface area (Å²) >= 11 is 13.1. The third kappa shape index (κ3) is 5.12. The molecule has 0 spiro atoms. The Hall–Kier alpha value is -1.24. The van der Waals surface area contributed by atoms with Crippen molar-refractivity contribution in [3.63, 3.8) is 0 Å². The topological polar surface area (TPSA) is 70.6 Å². The predicted octanol–water partition coefficient (Wildman–Crippen LogP) is 4.24. The van der Waals surface area contributed by atoms with Crippen LogP contribution in [0.2, 0.25) is 10.0 Å². The Balaban J connectivity index is 1.55. The van der Waals surface area contributed by atoms with Crippen molar-refractivity contribution >= 4 is 57.6 Å². The molecule has 1 saturated heterocycles. The first-order valence-corrected chi connectivity index (χ1v) is 9.95. The number of aliphatic imine (C=N–C) groups is 1. The van der Waals surface area contributed by atoms with E-state index < -0.39 is 5.25 Å². The highest BCUT2D eigenvalue weighted by Crippen LogP contribution is 2.28.